The van der Waals surface area contributed by atoms with Crippen molar-refractivity contribution in [3.8, 4) is 5.75 Å². The molecule has 3 aromatic rings. The number of carbonyl (C=O) groups excluding carboxylic acids is 1. The Morgan fingerprint density at radius 3 is 2.52 bits per heavy atom. The van der Waals surface area contributed by atoms with E-state index in [2.05, 4.69) is 36.4 Å². The number of carbonyl (C=O) groups is 1. The van der Waals surface area contributed by atoms with Crippen molar-refractivity contribution in [2.24, 2.45) is 17.8 Å². The molecule has 1 fully saturated rings. The van der Waals surface area contributed by atoms with E-state index in [1.54, 1.807) is 6.08 Å². The monoisotopic (exact) mass is 380 g/mol. The first-order valence-electron chi connectivity index (χ1n) is 10.4. The summed E-state index contributed by atoms with van der Waals surface area (Å²) in [5.41, 5.74) is 1.70. The average molecular weight is 380 g/mol. The second kappa shape index (κ2) is 7.71. The zero-order chi connectivity index (χ0) is 19.6. The number of rotatable bonds is 6. The molecular formula is C27H24O2. The summed E-state index contributed by atoms with van der Waals surface area (Å²) in [5, 5.41) is 2.38. The first kappa shape index (κ1) is 17.9. The predicted molar refractivity (Wildman–Crippen MR) is 118 cm³/mol. The van der Waals surface area contributed by atoms with Crippen LogP contribution in [0.3, 0.4) is 0 Å². The predicted octanol–water partition coefficient (Wildman–Crippen LogP) is 6.33. The highest BCUT2D eigenvalue weighted by Gasteiger charge is 2.35. The number of allylic oxidation sites excluding steroid dienone is 3. The fraction of sp³-hybridized carbons (Fsp3) is 0.222. The van der Waals surface area contributed by atoms with Crippen molar-refractivity contribution in [2.75, 3.05) is 6.61 Å². The van der Waals surface area contributed by atoms with Gasteiger partial charge in [-0.2, -0.15) is 0 Å². The van der Waals surface area contributed by atoms with Crippen LogP contribution in [0.1, 0.15) is 28.8 Å². The molecule has 2 nitrogen and oxygen atoms in total. The Morgan fingerprint density at radius 2 is 1.76 bits per heavy atom. The highest BCUT2D eigenvalue weighted by Crippen LogP contribution is 2.43. The maximum atomic E-state index is 12.5. The van der Waals surface area contributed by atoms with Gasteiger partial charge in [-0.15, -0.1) is 0 Å². The molecule has 0 saturated heterocycles. The Morgan fingerprint density at radius 1 is 0.931 bits per heavy atom. The molecule has 29 heavy (non-hydrogen) atoms. The van der Waals surface area contributed by atoms with Gasteiger partial charge in [0.1, 0.15) is 5.75 Å². The van der Waals surface area contributed by atoms with Crippen molar-refractivity contribution >= 4 is 22.6 Å². The topological polar surface area (TPSA) is 26.3 Å². The molecule has 3 atom stereocenters. The summed E-state index contributed by atoms with van der Waals surface area (Å²) in [6.45, 7) is 0.765. The minimum Gasteiger partial charge on any atom is -0.493 e. The average Bonchev–Trinajstić information content (AvgIpc) is 3.40. The molecule has 144 valence electrons. The van der Waals surface area contributed by atoms with Gasteiger partial charge in [0.15, 0.2) is 5.78 Å². The second-order valence-electron chi connectivity index (χ2n) is 8.18. The van der Waals surface area contributed by atoms with Gasteiger partial charge in [-0.05, 0) is 83.3 Å². The third-order valence-corrected chi connectivity index (χ3v) is 6.22. The lowest BCUT2D eigenvalue weighted by molar-refractivity contribution is 0.104. The van der Waals surface area contributed by atoms with Crippen molar-refractivity contribution in [3.63, 3.8) is 0 Å². The lowest BCUT2D eigenvalue weighted by atomic mass is 9.95. The Kier molecular flexibility index (Phi) is 4.77. The van der Waals surface area contributed by atoms with E-state index in [-0.39, 0.29) is 5.78 Å². The molecule has 2 aliphatic rings. The van der Waals surface area contributed by atoms with E-state index < -0.39 is 0 Å². The fourth-order valence-electron chi connectivity index (χ4n) is 4.58. The van der Waals surface area contributed by atoms with E-state index in [9.17, 15) is 4.79 Å². The normalized spacial score (nSPS) is 22.6. The fourth-order valence-corrected chi connectivity index (χ4v) is 4.58. The van der Waals surface area contributed by atoms with E-state index >= 15 is 0 Å². The lowest BCUT2D eigenvalue weighted by Crippen LogP contribution is -2.16. The van der Waals surface area contributed by atoms with Crippen molar-refractivity contribution in [2.45, 2.75) is 12.8 Å². The molecule has 0 amide bonds. The van der Waals surface area contributed by atoms with Gasteiger partial charge in [-0.25, -0.2) is 0 Å². The van der Waals surface area contributed by atoms with Crippen LogP contribution in [0.15, 0.2) is 85.0 Å². The number of hydrogen-bond acceptors (Lipinski definition) is 2. The van der Waals surface area contributed by atoms with E-state index in [0.29, 0.717) is 17.4 Å². The van der Waals surface area contributed by atoms with Crippen molar-refractivity contribution in [3.05, 3.63) is 96.1 Å². The molecule has 3 unspecified atom stereocenters. The van der Waals surface area contributed by atoms with Gasteiger partial charge >= 0.3 is 0 Å². The molecule has 5 rings (SSSR count). The maximum absolute atomic E-state index is 12.5. The van der Waals surface area contributed by atoms with Crippen molar-refractivity contribution < 1.29 is 9.53 Å². The van der Waals surface area contributed by atoms with Crippen LogP contribution in [0.4, 0.5) is 0 Å². The van der Waals surface area contributed by atoms with E-state index in [1.807, 2.05) is 48.5 Å². The first-order chi connectivity index (χ1) is 14.2. The summed E-state index contributed by atoms with van der Waals surface area (Å²) >= 11 is 0. The summed E-state index contributed by atoms with van der Waals surface area (Å²) in [7, 11) is 0. The second-order valence-corrected chi connectivity index (χ2v) is 8.18. The van der Waals surface area contributed by atoms with Crippen LogP contribution >= 0.6 is 0 Å². The summed E-state index contributed by atoms with van der Waals surface area (Å²) in [6, 6.07) is 22.0. The van der Waals surface area contributed by atoms with Crippen LogP contribution in [0, 0.1) is 17.8 Å². The largest absolute Gasteiger partial charge is 0.493 e. The number of benzene rings is 3. The highest BCUT2D eigenvalue weighted by atomic mass is 16.5. The van der Waals surface area contributed by atoms with Crippen LogP contribution < -0.4 is 4.74 Å². The number of fused-ring (bicyclic) bond motifs is 3. The third kappa shape index (κ3) is 3.88. The Balaban J connectivity index is 1.20. The molecule has 0 aliphatic heterocycles. The minimum atomic E-state index is 0.00273. The van der Waals surface area contributed by atoms with E-state index in [0.717, 1.165) is 23.8 Å². The van der Waals surface area contributed by atoms with Gasteiger partial charge in [0.2, 0.25) is 0 Å². The summed E-state index contributed by atoms with van der Waals surface area (Å²) in [6.07, 6.45) is 10.8. The zero-order valence-electron chi connectivity index (χ0n) is 16.3. The van der Waals surface area contributed by atoms with Gasteiger partial charge in [0.05, 0.1) is 6.61 Å². The van der Waals surface area contributed by atoms with Crippen LogP contribution in [0.25, 0.3) is 16.8 Å². The molecule has 0 N–H and O–H groups in total. The van der Waals surface area contributed by atoms with Crippen LogP contribution in [0.5, 0.6) is 5.75 Å². The van der Waals surface area contributed by atoms with E-state index in [1.165, 1.54) is 23.6 Å². The molecule has 2 heteroatoms. The minimum absolute atomic E-state index is 0.00273. The first-order valence-corrected chi connectivity index (χ1v) is 10.4. The SMILES string of the molecule is O=C(/C=C/c1ccc2ccccc2c1)c1ccc(OCC2CC3C=CC2C3)cc1. The zero-order valence-corrected chi connectivity index (χ0v) is 16.3. The summed E-state index contributed by atoms with van der Waals surface area (Å²) in [5.74, 6) is 2.94. The standard InChI is InChI=1S/C27H24O2/c28-27(14-7-19-5-8-21-3-1-2-4-23(21)15-19)22-10-12-26(13-11-22)29-18-25-17-20-6-9-24(25)16-20/h1-15,20,24-25H,16-18H2/b14-7+. The molecule has 1 saturated carbocycles. The van der Waals surface area contributed by atoms with Crippen LogP contribution in [-0.4, -0.2) is 12.4 Å². The molecule has 0 heterocycles. The molecule has 0 radical (unpaired) electrons. The molecule has 3 aromatic carbocycles. The van der Waals surface area contributed by atoms with Gasteiger partial charge in [0.25, 0.3) is 0 Å². The molecule has 2 bridgehead atoms. The summed E-state index contributed by atoms with van der Waals surface area (Å²) < 4.78 is 5.98. The maximum Gasteiger partial charge on any atom is 0.185 e. The molecule has 0 aromatic heterocycles. The Bertz CT molecular complexity index is 1090. The Labute approximate surface area is 171 Å². The number of ketones is 1. The highest BCUT2D eigenvalue weighted by molar-refractivity contribution is 6.07. The molecule has 2 aliphatic carbocycles. The lowest BCUT2D eigenvalue weighted by Gasteiger charge is -2.18. The van der Waals surface area contributed by atoms with Gasteiger partial charge in [0, 0.05) is 5.56 Å². The van der Waals surface area contributed by atoms with Gasteiger partial charge in [-0.3, -0.25) is 4.79 Å². The quantitative estimate of drug-likeness (QED) is 0.284. The Hall–Kier alpha value is -3.13. The summed E-state index contributed by atoms with van der Waals surface area (Å²) in [4.78, 5) is 12.5. The number of ether oxygens (including phenoxy) is 1. The van der Waals surface area contributed by atoms with E-state index in [4.69, 9.17) is 4.74 Å². The van der Waals surface area contributed by atoms with Crippen molar-refractivity contribution in [1.82, 2.24) is 0 Å². The molecule has 0 spiro atoms. The van der Waals surface area contributed by atoms with Gasteiger partial charge < -0.3 is 4.74 Å². The molecular weight excluding hydrogens is 356 g/mol. The third-order valence-electron chi connectivity index (χ3n) is 6.22. The van der Waals surface area contributed by atoms with Crippen LogP contribution in [0.2, 0.25) is 0 Å². The number of hydrogen-bond donors (Lipinski definition) is 0. The van der Waals surface area contributed by atoms with Gasteiger partial charge in [-0.1, -0.05) is 54.6 Å². The van der Waals surface area contributed by atoms with Crippen molar-refractivity contribution in [1.29, 1.82) is 0 Å². The van der Waals surface area contributed by atoms with Crippen LogP contribution in [-0.2, 0) is 0 Å². The smallest absolute Gasteiger partial charge is 0.185 e.